The van der Waals surface area contributed by atoms with Crippen LogP contribution in [0.15, 0.2) is 12.3 Å². The largest absolute Gasteiger partial charge is 0.493 e. The molecule has 0 saturated carbocycles. The number of aryl methyl sites for hydroxylation is 1. The Balaban J connectivity index is 2.78. The maximum atomic E-state index is 5.67. The van der Waals surface area contributed by atoms with Crippen LogP contribution in [0.4, 0.5) is 0 Å². The van der Waals surface area contributed by atoms with Crippen molar-refractivity contribution in [1.29, 1.82) is 0 Å². The van der Waals surface area contributed by atoms with Crippen molar-refractivity contribution in [2.45, 2.75) is 26.1 Å². The summed E-state index contributed by atoms with van der Waals surface area (Å²) < 4.78 is 5.53. The van der Waals surface area contributed by atoms with Crippen LogP contribution in [-0.4, -0.2) is 11.6 Å². The monoisotopic (exact) mass is 199 g/mol. The Kier molecular flexibility index (Phi) is 4.03. The van der Waals surface area contributed by atoms with Gasteiger partial charge < -0.3 is 4.74 Å². The molecule has 1 aromatic heterocycles. The van der Waals surface area contributed by atoms with Gasteiger partial charge in [-0.2, -0.15) is 0 Å². The highest BCUT2D eigenvalue weighted by atomic mass is 35.5. The van der Waals surface area contributed by atoms with Crippen molar-refractivity contribution in [3.8, 4) is 5.75 Å². The third kappa shape index (κ3) is 2.88. The lowest BCUT2D eigenvalue weighted by atomic mass is 10.2. The van der Waals surface area contributed by atoms with Gasteiger partial charge >= 0.3 is 0 Å². The molecule has 0 saturated heterocycles. The Hall–Kier alpha value is -0.760. The molecular formula is C10H14ClNO. The van der Waals surface area contributed by atoms with Gasteiger partial charge in [0.1, 0.15) is 5.75 Å². The Bertz CT molecular complexity index is 276. The van der Waals surface area contributed by atoms with Crippen molar-refractivity contribution >= 4 is 11.6 Å². The second kappa shape index (κ2) is 5.07. The van der Waals surface area contributed by atoms with Crippen molar-refractivity contribution in [3.05, 3.63) is 23.5 Å². The standard InChI is InChI=1S/C10H14ClNO/c1-3-4-13-10-5-9(6-11)12-7-8(10)2/h5,7H,3-4,6H2,1-2H3. The van der Waals surface area contributed by atoms with Crippen LogP contribution < -0.4 is 4.74 Å². The average molecular weight is 200 g/mol. The van der Waals surface area contributed by atoms with E-state index in [1.807, 2.05) is 13.0 Å². The molecule has 13 heavy (non-hydrogen) atoms. The first-order valence-electron chi connectivity index (χ1n) is 4.42. The molecule has 2 nitrogen and oxygen atoms in total. The van der Waals surface area contributed by atoms with Gasteiger partial charge in [-0.05, 0) is 13.3 Å². The molecule has 0 unspecified atom stereocenters. The second-order valence-electron chi connectivity index (χ2n) is 2.92. The molecule has 0 aliphatic rings. The summed E-state index contributed by atoms with van der Waals surface area (Å²) in [7, 11) is 0. The van der Waals surface area contributed by atoms with E-state index in [2.05, 4.69) is 11.9 Å². The van der Waals surface area contributed by atoms with E-state index in [9.17, 15) is 0 Å². The van der Waals surface area contributed by atoms with Gasteiger partial charge in [0.2, 0.25) is 0 Å². The quantitative estimate of drug-likeness (QED) is 0.696. The fourth-order valence-corrected chi connectivity index (χ4v) is 1.13. The lowest BCUT2D eigenvalue weighted by Crippen LogP contribution is -1.98. The van der Waals surface area contributed by atoms with Gasteiger partial charge in [-0.1, -0.05) is 6.92 Å². The topological polar surface area (TPSA) is 22.1 Å². The van der Waals surface area contributed by atoms with Crippen LogP contribution in [-0.2, 0) is 5.88 Å². The van der Waals surface area contributed by atoms with E-state index in [4.69, 9.17) is 16.3 Å². The van der Waals surface area contributed by atoms with Crippen molar-refractivity contribution in [1.82, 2.24) is 4.98 Å². The molecule has 0 aromatic carbocycles. The van der Waals surface area contributed by atoms with Gasteiger partial charge in [0, 0.05) is 17.8 Å². The normalized spacial score (nSPS) is 10.1. The minimum absolute atomic E-state index is 0.433. The van der Waals surface area contributed by atoms with Crippen LogP contribution in [0.2, 0.25) is 0 Å². The zero-order valence-corrected chi connectivity index (χ0v) is 8.77. The van der Waals surface area contributed by atoms with Gasteiger partial charge in [0.25, 0.3) is 0 Å². The molecular weight excluding hydrogens is 186 g/mol. The van der Waals surface area contributed by atoms with Crippen LogP contribution in [0.5, 0.6) is 5.75 Å². The summed E-state index contributed by atoms with van der Waals surface area (Å²) in [6.45, 7) is 4.81. The van der Waals surface area contributed by atoms with Crippen molar-refractivity contribution < 1.29 is 4.74 Å². The maximum Gasteiger partial charge on any atom is 0.125 e. The summed E-state index contributed by atoms with van der Waals surface area (Å²) >= 11 is 5.67. The maximum absolute atomic E-state index is 5.67. The van der Waals surface area contributed by atoms with Crippen LogP contribution in [0.3, 0.4) is 0 Å². The predicted octanol–water partition coefficient (Wildman–Crippen LogP) is 2.92. The summed E-state index contributed by atoms with van der Waals surface area (Å²) in [5.41, 5.74) is 1.92. The molecule has 0 radical (unpaired) electrons. The second-order valence-corrected chi connectivity index (χ2v) is 3.19. The molecule has 1 aromatic rings. The highest BCUT2D eigenvalue weighted by Gasteiger charge is 2.01. The zero-order valence-electron chi connectivity index (χ0n) is 8.01. The van der Waals surface area contributed by atoms with Crippen LogP contribution in [0.25, 0.3) is 0 Å². The molecule has 72 valence electrons. The molecule has 0 aliphatic carbocycles. The fourth-order valence-electron chi connectivity index (χ4n) is 0.986. The Labute approximate surface area is 83.9 Å². The summed E-state index contributed by atoms with van der Waals surface area (Å²) in [4.78, 5) is 4.15. The number of pyridine rings is 1. The molecule has 0 amide bonds. The number of rotatable bonds is 4. The van der Waals surface area contributed by atoms with Crippen LogP contribution in [0.1, 0.15) is 24.6 Å². The molecule has 0 fully saturated rings. The smallest absolute Gasteiger partial charge is 0.125 e. The number of nitrogens with zero attached hydrogens (tertiary/aromatic N) is 1. The number of hydrogen-bond donors (Lipinski definition) is 0. The third-order valence-corrected chi connectivity index (χ3v) is 1.98. The van der Waals surface area contributed by atoms with E-state index < -0.39 is 0 Å². The predicted molar refractivity (Wildman–Crippen MR) is 54.3 cm³/mol. The third-order valence-electron chi connectivity index (χ3n) is 1.71. The zero-order chi connectivity index (χ0) is 9.68. The number of ether oxygens (including phenoxy) is 1. The SMILES string of the molecule is CCCOc1cc(CCl)ncc1C. The first-order valence-corrected chi connectivity index (χ1v) is 4.95. The summed E-state index contributed by atoms with van der Waals surface area (Å²) in [5.74, 6) is 1.33. The van der Waals surface area contributed by atoms with E-state index in [-0.39, 0.29) is 0 Å². The first-order chi connectivity index (χ1) is 6.27. The lowest BCUT2D eigenvalue weighted by Gasteiger charge is -2.08. The fraction of sp³-hybridized carbons (Fsp3) is 0.500. The van der Waals surface area contributed by atoms with Gasteiger partial charge in [0.15, 0.2) is 0 Å². The van der Waals surface area contributed by atoms with E-state index in [0.29, 0.717) is 5.88 Å². The van der Waals surface area contributed by atoms with E-state index >= 15 is 0 Å². The molecule has 0 atom stereocenters. The van der Waals surface area contributed by atoms with E-state index in [0.717, 1.165) is 30.0 Å². The highest BCUT2D eigenvalue weighted by molar-refractivity contribution is 6.16. The number of alkyl halides is 1. The molecule has 1 rings (SSSR count). The molecule has 0 bridgehead atoms. The Morgan fingerprint density at radius 3 is 2.92 bits per heavy atom. The first kappa shape index (κ1) is 10.3. The molecule has 1 heterocycles. The van der Waals surface area contributed by atoms with Crippen molar-refractivity contribution in [3.63, 3.8) is 0 Å². The Morgan fingerprint density at radius 2 is 2.31 bits per heavy atom. The average Bonchev–Trinajstić information content (AvgIpc) is 2.17. The van der Waals surface area contributed by atoms with Gasteiger partial charge in [-0.15, -0.1) is 11.6 Å². The Morgan fingerprint density at radius 1 is 1.54 bits per heavy atom. The summed E-state index contributed by atoms with van der Waals surface area (Å²) in [6, 6.07) is 1.90. The minimum atomic E-state index is 0.433. The molecule has 0 N–H and O–H groups in total. The van der Waals surface area contributed by atoms with Crippen LogP contribution >= 0.6 is 11.6 Å². The number of hydrogen-bond acceptors (Lipinski definition) is 2. The van der Waals surface area contributed by atoms with E-state index in [1.165, 1.54) is 0 Å². The van der Waals surface area contributed by atoms with Crippen molar-refractivity contribution in [2.75, 3.05) is 6.61 Å². The summed E-state index contributed by atoms with van der Waals surface area (Å²) in [5, 5.41) is 0. The van der Waals surface area contributed by atoms with Crippen LogP contribution in [0, 0.1) is 6.92 Å². The van der Waals surface area contributed by atoms with Gasteiger partial charge in [-0.25, -0.2) is 0 Å². The van der Waals surface area contributed by atoms with E-state index in [1.54, 1.807) is 6.20 Å². The lowest BCUT2D eigenvalue weighted by molar-refractivity contribution is 0.314. The van der Waals surface area contributed by atoms with Crippen molar-refractivity contribution in [2.24, 2.45) is 0 Å². The molecule has 0 spiro atoms. The van der Waals surface area contributed by atoms with Gasteiger partial charge in [0.05, 0.1) is 18.2 Å². The minimum Gasteiger partial charge on any atom is -0.493 e. The number of halogens is 1. The molecule has 0 aliphatic heterocycles. The molecule has 3 heteroatoms. The number of aromatic nitrogens is 1. The van der Waals surface area contributed by atoms with Gasteiger partial charge in [-0.3, -0.25) is 4.98 Å². The summed E-state index contributed by atoms with van der Waals surface area (Å²) in [6.07, 6.45) is 2.81. The highest BCUT2D eigenvalue weighted by Crippen LogP contribution is 2.18.